The predicted octanol–water partition coefficient (Wildman–Crippen LogP) is 3.88. The third-order valence-electron chi connectivity index (χ3n) is 2.34. The van der Waals surface area contributed by atoms with Gasteiger partial charge in [0.05, 0.1) is 0 Å². The van der Waals surface area contributed by atoms with Crippen molar-refractivity contribution in [3.63, 3.8) is 0 Å². The van der Waals surface area contributed by atoms with Crippen molar-refractivity contribution in [2.45, 2.75) is 6.61 Å². The maximum Gasteiger partial charge on any atom is 0.341 e. The molecule has 0 radical (unpaired) electrons. The van der Waals surface area contributed by atoms with E-state index >= 15 is 0 Å². The van der Waals surface area contributed by atoms with Crippen molar-refractivity contribution in [2.24, 2.45) is 0 Å². The van der Waals surface area contributed by atoms with E-state index in [9.17, 15) is 4.79 Å². The molecule has 0 aliphatic carbocycles. The van der Waals surface area contributed by atoms with Gasteiger partial charge in [0, 0.05) is 15.1 Å². The maximum absolute atomic E-state index is 11.1. The van der Waals surface area contributed by atoms with Crippen molar-refractivity contribution in [1.82, 2.24) is 4.98 Å². The van der Waals surface area contributed by atoms with Crippen LogP contribution in [0.3, 0.4) is 0 Å². The highest BCUT2D eigenvalue weighted by Gasteiger charge is 2.13. The fourth-order valence-electron chi connectivity index (χ4n) is 1.43. The minimum atomic E-state index is -1.07. The summed E-state index contributed by atoms with van der Waals surface area (Å²) in [6, 6.07) is 9.04. The molecule has 0 bridgehead atoms. The lowest BCUT2D eigenvalue weighted by Crippen LogP contribution is -2.05. The van der Waals surface area contributed by atoms with Crippen LogP contribution >= 0.6 is 31.9 Å². The monoisotopic (exact) mass is 385 g/mol. The molecule has 19 heavy (non-hydrogen) atoms. The summed E-state index contributed by atoms with van der Waals surface area (Å²) in [5, 5.41) is 9.08. The van der Waals surface area contributed by atoms with Crippen molar-refractivity contribution in [3.05, 3.63) is 56.6 Å². The van der Waals surface area contributed by atoms with E-state index in [0.717, 1.165) is 10.0 Å². The van der Waals surface area contributed by atoms with E-state index in [2.05, 4.69) is 36.8 Å². The summed E-state index contributed by atoms with van der Waals surface area (Å²) >= 11 is 6.53. The van der Waals surface area contributed by atoms with Crippen molar-refractivity contribution >= 4 is 37.8 Å². The number of carboxylic acids is 1. The van der Waals surface area contributed by atoms with Gasteiger partial charge < -0.3 is 9.84 Å². The average molecular weight is 387 g/mol. The van der Waals surface area contributed by atoms with Gasteiger partial charge in [-0.1, -0.05) is 28.1 Å². The van der Waals surface area contributed by atoms with Gasteiger partial charge in [0.25, 0.3) is 0 Å². The van der Waals surface area contributed by atoms with Crippen molar-refractivity contribution < 1.29 is 14.6 Å². The molecule has 0 amide bonds. The van der Waals surface area contributed by atoms with E-state index in [0.29, 0.717) is 4.47 Å². The second kappa shape index (κ2) is 6.16. The van der Waals surface area contributed by atoms with Crippen molar-refractivity contribution in [2.75, 3.05) is 0 Å². The molecule has 0 saturated carbocycles. The Kier molecular flexibility index (Phi) is 4.55. The van der Waals surface area contributed by atoms with Gasteiger partial charge in [0.1, 0.15) is 12.2 Å². The third kappa shape index (κ3) is 3.78. The number of pyridine rings is 1. The molecule has 4 nitrogen and oxygen atoms in total. The van der Waals surface area contributed by atoms with Crippen LogP contribution in [0.1, 0.15) is 15.9 Å². The quantitative estimate of drug-likeness (QED) is 0.865. The van der Waals surface area contributed by atoms with Crippen LogP contribution in [0.25, 0.3) is 0 Å². The molecule has 0 spiro atoms. The first kappa shape index (κ1) is 14.0. The van der Waals surface area contributed by atoms with E-state index in [1.54, 1.807) is 0 Å². The second-order valence-electron chi connectivity index (χ2n) is 3.73. The van der Waals surface area contributed by atoms with Gasteiger partial charge in [0.15, 0.2) is 0 Å². The number of carbonyl (C=O) groups is 1. The summed E-state index contributed by atoms with van der Waals surface area (Å²) in [5.74, 6) is -0.960. The fourth-order valence-corrected chi connectivity index (χ4v) is 2.02. The first-order valence-corrected chi connectivity index (χ1v) is 6.91. The zero-order valence-corrected chi connectivity index (χ0v) is 12.8. The van der Waals surface area contributed by atoms with E-state index in [-0.39, 0.29) is 18.1 Å². The Hall–Kier alpha value is -1.40. The number of hydrogen-bond donors (Lipinski definition) is 1. The molecule has 1 aromatic carbocycles. The lowest BCUT2D eigenvalue weighted by Gasteiger charge is -2.08. The largest absolute Gasteiger partial charge is 0.477 e. The molecule has 2 rings (SSSR count). The zero-order valence-electron chi connectivity index (χ0n) is 9.64. The zero-order chi connectivity index (χ0) is 13.8. The van der Waals surface area contributed by atoms with Gasteiger partial charge in [0.2, 0.25) is 5.88 Å². The van der Waals surface area contributed by atoms with Crippen LogP contribution in [0.5, 0.6) is 5.88 Å². The number of hydrogen-bond acceptors (Lipinski definition) is 3. The van der Waals surface area contributed by atoms with Gasteiger partial charge in [-0.2, -0.15) is 0 Å². The second-order valence-corrected chi connectivity index (χ2v) is 5.56. The topological polar surface area (TPSA) is 59.4 Å². The van der Waals surface area contributed by atoms with Crippen molar-refractivity contribution in [1.29, 1.82) is 0 Å². The summed E-state index contributed by atoms with van der Waals surface area (Å²) in [4.78, 5) is 15.1. The average Bonchev–Trinajstić information content (AvgIpc) is 2.39. The van der Waals surface area contributed by atoms with E-state index in [4.69, 9.17) is 9.84 Å². The van der Waals surface area contributed by atoms with Crippen LogP contribution < -0.4 is 4.74 Å². The Bertz CT molecular complexity index is 599. The van der Waals surface area contributed by atoms with Crippen LogP contribution in [0.4, 0.5) is 0 Å². The summed E-state index contributed by atoms with van der Waals surface area (Å²) in [7, 11) is 0. The highest BCUT2D eigenvalue weighted by Crippen LogP contribution is 2.21. The summed E-state index contributed by atoms with van der Waals surface area (Å²) in [5.41, 5.74) is 0.968. The molecule has 0 atom stereocenters. The normalized spacial score (nSPS) is 10.2. The van der Waals surface area contributed by atoms with Gasteiger partial charge in [-0.25, -0.2) is 9.78 Å². The number of nitrogens with zero attached hydrogens (tertiary/aromatic N) is 1. The predicted molar refractivity (Wildman–Crippen MR) is 77.4 cm³/mol. The summed E-state index contributed by atoms with van der Waals surface area (Å²) in [6.07, 6.45) is 1.50. The highest BCUT2D eigenvalue weighted by molar-refractivity contribution is 9.10. The Balaban J connectivity index is 2.15. The number of ether oxygens (including phenoxy) is 1. The molecule has 1 heterocycles. The van der Waals surface area contributed by atoms with Crippen LogP contribution in [-0.2, 0) is 6.61 Å². The molecule has 98 valence electrons. The van der Waals surface area contributed by atoms with Crippen molar-refractivity contribution in [3.8, 4) is 5.88 Å². The van der Waals surface area contributed by atoms with E-state index in [1.165, 1.54) is 12.3 Å². The number of aromatic nitrogens is 1. The van der Waals surface area contributed by atoms with Gasteiger partial charge in [-0.05, 0) is 39.7 Å². The third-order valence-corrected chi connectivity index (χ3v) is 3.30. The van der Waals surface area contributed by atoms with Crippen LogP contribution in [0.15, 0.2) is 45.5 Å². The Morgan fingerprint density at radius 3 is 2.53 bits per heavy atom. The minimum absolute atomic E-state index is 0.0338. The van der Waals surface area contributed by atoms with E-state index < -0.39 is 5.97 Å². The van der Waals surface area contributed by atoms with Gasteiger partial charge in [-0.3, -0.25) is 0 Å². The Labute approximate surface area is 126 Å². The number of aromatic carboxylic acids is 1. The molecule has 6 heteroatoms. The Morgan fingerprint density at radius 2 is 1.89 bits per heavy atom. The summed E-state index contributed by atoms with van der Waals surface area (Å²) in [6.45, 7) is 0.266. The molecule has 0 aliphatic heterocycles. The fraction of sp³-hybridized carbons (Fsp3) is 0.0769. The molecule has 1 aromatic heterocycles. The first-order chi connectivity index (χ1) is 9.06. The smallest absolute Gasteiger partial charge is 0.341 e. The Morgan fingerprint density at radius 1 is 1.21 bits per heavy atom. The molecular weight excluding hydrogens is 378 g/mol. The molecule has 1 N–H and O–H groups in total. The molecule has 0 aliphatic rings. The number of benzene rings is 1. The van der Waals surface area contributed by atoms with Crippen LogP contribution in [0.2, 0.25) is 0 Å². The summed E-state index contributed by atoms with van der Waals surface area (Å²) < 4.78 is 7.03. The van der Waals surface area contributed by atoms with Crippen LogP contribution in [0, 0.1) is 0 Å². The highest BCUT2D eigenvalue weighted by atomic mass is 79.9. The lowest BCUT2D eigenvalue weighted by atomic mass is 10.2. The maximum atomic E-state index is 11.1. The number of rotatable bonds is 4. The van der Waals surface area contributed by atoms with Gasteiger partial charge in [-0.15, -0.1) is 0 Å². The standard InChI is InChI=1S/C13H9Br2NO3/c14-9-3-1-8(2-4-9)7-19-12-11(13(17)18)5-10(15)6-16-12/h1-6H,7H2,(H,17,18). The van der Waals surface area contributed by atoms with Crippen LogP contribution in [-0.4, -0.2) is 16.1 Å². The van der Waals surface area contributed by atoms with Gasteiger partial charge >= 0.3 is 5.97 Å². The molecule has 0 saturated heterocycles. The molecule has 2 aromatic rings. The first-order valence-electron chi connectivity index (χ1n) is 5.32. The minimum Gasteiger partial charge on any atom is -0.477 e. The molecule has 0 fully saturated rings. The lowest BCUT2D eigenvalue weighted by molar-refractivity contribution is 0.0690. The molecular formula is C13H9Br2NO3. The number of carboxylic acid groups (broad SMARTS) is 1. The van der Waals surface area contributed by atoms with E-state index in [1.807, 2.05) is 24.3 Å². The number of halogens is 2. The SMILES string of the molecule is O=C(O)c1cc(Br)cnc1OCc1ccc(Br)cc1. The molecule has 0 unspecified atom stereocenters.